The Morgan fingerprint density at radius 2 is 1.29 bits per heavy atom. The van der Waals surface area contributed by atoms with Gasteiger partial charge in [-0.25, -0.2) is 0 Å². The first-order valence-corrected chi connectivity index (χ1v) is 14.9. The van der Waals surface area contributed by atoms with Gasteiger partial charge >= 0.3 is 9.28 Å². The molecule has 0 aliphatic carbocycles. The Labute approximate surface area is 112 Å². The first-order valence-electron chi connectivity index (χ1n) is 6.58. The normalized spacial score (nSPS) is 14.1. The Morgan fingerprint density at radius 1 is 0.941 bits per heavy atom. The fourth-order valence-electron chi connectivity index (χ4n) is 1.61. The molecule has 0 spiro atoms. The molecule has 0 rings (SSSR count). The molecule has 0 aliphatic heterocycles. The van der Waals surface area contributed by atoms with Crippen molar-refractivity contribution < 1.29 is 8.23 Å². The second kappa shape index (κ2) is 6.65. The van der Waals surface area contributed by atoms with Crippen LogP contribution >= 0.6 is 0 Å². The highest BCUT2D eigenvalue weighted by molar-refractivity contribution is 6.82. The minimum absolute atomic E-state index is 0.695. The molecule has 0 aromatic heterocycles. The Morgan fingerprint density at radius 3 is 1.53 bits per heavy atom. The van der Waals surface area contributed by atoms with Gasteiger partial charge in [0.15, 0.2) is 16.6 Å². The Balaban J connectivity index is 4.61. The second-order valence-corrected chi connectivity index (χ2v) is 19.2. The van der Waals surface area contributed by atoms with Gasteiger partial charge in [-0.1, -0.05) is 20.8 Å². The maximum atomic E-state index is 6.33. The van der Waals surface area contributed by atoms with Crippen LogP contribution in [0.4, 0.5) is 0 Å². The molecule has 0 saturated carbocycles. The summed E-state index contributed by atoms with van der Waals surface area (Å²) in [6.07, 6.45) is 1.14. The van der Waals surface area contributed by atoms with E-state index >= 15 is 0 Å². The van der Waals surface area contributed by atoms with E-state index in [0.29, 0.717) is 5.92 Å². The highest BCUT2D eigenvalue weighted by Crippen LogP contribution is 2.23. The predicted molar refractivity (Wildman–Crippen MR) is 84.4 cm³/mol. The van der Waals surface area contributed by atoms with Crippen molar-refractivity contribution in [2.24, 2.45) is 5.92 Å². The summed E-state index contributed by atoms with van der Waals surface area (Å²) in [7, 11) is -4.59. The van der Waals surface area contributed by atoms with E-state index in [0.717, 1.165) is 6.42 Å². The first kappa shape index (κ1) is 17.6. The highest BCUT2D eigenvalue weighted by Gasteiger charge is 2.33. The van der Waals surface area contributed by atoms with Crippen LogP contribution < -0.4 is 0 Å². The molecule has 0 bridgehead atoms. The Bertz CT molecular complexity index is 203. The summed E-state index contributed by atoms with van der Waals surface area (Å²) >= 11 is 0. The molecule has 17 heavy (non-hydrogen) atoms. The van der Waals surface area contributed by atoms with Crippen molar-refractivity contribution in [1.29, 1.82) is 0 Å². The topological polar surface area (TPSA) is 18.5 Å². The van der Waals surface area contributed by atoms with Crippen molar-refractivity contribution in [3.63, 3.8) is 0 Å². The third-order valence-electron chi connectivity index (χ3n) is 2.05. The van der Waals surface area contributed by atoms with Crippen LogP contribution in [0.15, 0.2) is 0 Å². The molecule has 0 amide bonds. The molecular formula is C12H31O2Si3. The van der Waals surface area contributed by atoms with Crippen LogP contribution in [0.2, 0.25) is 39.3 Å². The lowest BCUT2D eigenvalue weighted by Gasteiger charge is -2.34. The fourth-order valence-corrected chi connectivity index (χ4v) is 9.64. The van der Waals surface area contributed by atoms with Crippen molar-refractivity contribution in [1.82, 2.24) is 0 Å². The zero-order valence-electron chi connectivity index (χ0n) is 13.2. The van der Waals surface area contributed by atoms with Crippen LogP contribution in [-0.4, -0.2) is 25.9 Å². The summed E-state index contributed by atoms with van der Waals surface area (Å²) in [6.45, 7) is 20.3. The zero-order valence-corrected chi connectivity index (χ0v) is 16.3. The monoisotopic (exact) mass is 291 g/mol. The molecule has 0 aromatic rings. The molecule has 103 valence electrons. The van der Waals surface area contributed by atoms with Crippen LogP contribution in [0, 0.1) is 11.5 Å². The van der Waals surface area contributed by atoms with E-state index in [1.807, 2.05) is 0 Å². The summed E-state index contributed by atoms with van der Waals surface area (Å²) in [5.74, 6) is 0.695. The van der Waals surface area contributed by atoms with Crippen molar-refractivity contribution >= 4 is 25.9 Å². The third-order valence-corrected chi connectivity index (χ3v) is 10.5. The molecule has 0 aromatic carbocycles. The van der Waals surface area contributed by atoms with Crippen LogP contribution in [0.5, 0.6) is 0 Å². The summed E-state index contributed by atoms with van der Waals surface area (Å²) in [5.41, 5.74) is 1.48. The molecule has 1 radical (unpaired) electrons. The van der Waals surface area contributed by atoms with Gasteiger partial charge in [-0.05, 0) is 51.6 Å². The zero-order chi connectivity index (χ0) is 13.9. The van der Waals surface area contributed by atoms with E-state index in [4.69, 9.17) is 8.23 Å². The molecule has 0 fully saturated rings. The lowest BCUT2D eigenvalue weighted by Crippen LogP contribution is -2.46. The lowest BCUT2D eigenvalue weighted by atomic mass is 10.1. The number of rotatable bonds is 7. The van der Waals surface area contributed by atoms with Gasteiger partial charge in [0.25, 0.3) is 0 Å². The fraction of sp³-hybridized carbons (Fsp3) is 0.917. The average molecular weight is 292 g/mol. The summed E-state index contributed by atoms with van der Waals surface area (Å²) < 4.78 is 12.7. The van der Waals surface area contributed by atoms with Crippen LogP contribution in [0.3, 0.4) is 0 Å². The van der Waals surface area contributed by atoms with E-state index in [1.54, 1.807) is 0 Å². The second-order valence-electron chi connectivity index (χ2n) is 7.24. The van der Waals surface area contributed by atoms with Gasteiger partial charge in [0.2, 0.25) is 0 Å². The number of hydrogen-bond acceptors (Lipinski definition) is 2. The van der Waals surface area contributed by atoms with Crippen molar-refractivity contribution in [3.05, 3.63) is 5.54 Å². The van der Waals surface area contributed by atoms with Gasteiger partial charge in [0.1, 0.15) is 0 Å². The Hall–Kier alpha value is 0.571. The molecule has 0 aliphatic rings. The smallest absolute Gasteiger partial charge is 0.307 e. The van der Waals surface area contributed by atoms with Gasteiger partial charge in [-0.15, -0.1) is 0 Å². The van der Waals surface area contributed by atoms with Crippen LogP contribution in [0.1, 0.15) is 27.2 Å². The molecule has 5 heteroatoms. The standard InChI is InChI=1S/C12H31O2Si3/c1-11(2)10-12(3)15(13-16(4,5)6)14-17(7,8)9/h11,15H,10H2,1-9H3. The third kappa shape index (κ3) is 10.2. The molecule has 2 nitrogen and oxygen atoms in total. The number of hydrogen-bond donors (Lipinski definition) is 0. The van der Waals surface area contributed by atoms with E-state index < -0.39 is 25.9 Å². The van der Waals surface area contributed by atoms with Gasteiger partial charge in [-0.2, -0.15) is 0 Å². The van der Waals surface area contributed by atoms with Crippen LogP contribution in [-0.2, 0) is 8.23 Å². The van der Waals surface area contributed by atoms with Crippen molar-refractivity contribution in [3.8, 4) is 0 Å². The van der Waals surface area contributed by atoms with E-state index in [9.17, 15) is 0 Å². The summed E-state index contributed by atoms with van der Waals surface area (Å²) in [6, 6.07) is 0. The highest BCUT2D eigenvalue weighted by atomic mass is 28.4. The molecule has 0 unspecified atom stereocenters. The Kier molecular flexibility index (Phi) is 6.88. The summed E-state index contributed by atoms with van der Waals surface area (Å²) in [5, 5.41) is 0. The van der Waals surface area contributed by atoms with E-state index in [1.165, 1.54) is 5.54 Å². The van der Waals surface area contributed by atoms with Gasteiger partial charge < -0.3 is 8.23 Å². The van der Waals surface area contributed by atoms with Crippen molar-refractivity contribution in [2.45, 2.75) is 66.5 Å². The quantitative estimate of drug-likeness (QED) is 0.658. The minimum atomic E-state index is -1.59. The SMILES string of the molecule is C[C](CC(C)C)[SiH](O[Si](C)(C)C)O[Si](C)(C)C. The van der Waals surface area contributed by atoms with E-state index in [2.05, 4.69) is 60.1 Å². The molecular weight excluding hydrogens is 260 g/mol. The predicted octanol–water partition coefficient (Wildman–Crippen LogP) is 4.09. The maximum absolute atomic E-state index is 6.33. The average Bonchev–Trinajstić information content (AvgIpc) is 1.95. The lowest BCUT2D eigenvalue weighted by molar-refractivity contribution is 0.411. The van der Waals surface area contributed by atoms with Gasteiger partial charge in [0.05, 0.1) is 0 Å². The van der Waals surface area contributed by atoms with Gasteiger partial charge in [0, 0.05) is 5.54 Å². The van der Waals surface area contributed by atoms with Gasteiger partial charge in [-0.3, -0.25) is 0 Å². The molecule has 0 heterocycles. The summed E-state index contributed by atoms with van der Waals surface area (Å²) in [4.78, 5) is 0. The van der Waals surface area contributed by atoms with E-state index in [-0.39, 0.29) is 0 Å². The maximum Gasteiger partial charge on any atom is 0.307 e. The van der Waals surface area contributed by atoms with Crippen LogP contribution in [0.25, 0.3) is 0 Å². The largest absolute Gasteiger partial charge is 0.438 e. The molecule has 0 atom stereocenters. The molecule has 0 N–H and O–H groups in total. The van der Waals surface area contributed by atoms with Crippen molar-refractivity contribution in [2.75, 3.05) is 0 Å². The molecule has 0 saturated heterocycles. The minimum Gasteiger partial charge on any atom is -0.438 e. The first-order chi connectivity index (χ1) is 7.41.